The van der Waals surface area contributed by atoms with E-state index in [4.69, 9.17) is 9.26 Å². The summed E-state index contributed by atoms with van der Waals surface area (Å²) in [6.07, 6.45) is 2.38. The number of rotatable bonds is 11. The number of carbonyl (C=O) groups is 1. The molecule has 0 fully saturated rings. The van der Waals surface area contributed by atoms with Gasteiger partial charge in [-0.3, -0.25) is 4.79 Å². The SMILES string of the molecule is CC(C)(C)OC(=O)C[C@@H](CCCC(C)(C)[Si](O)(c1ccccc1)c1ccccc1)c1cc(CO)on1. The van der Waals surface area contributed by atoms with E-state index in [0.717, 1.165) is 23.2 Å². The highest BCUT2D eigenvalue weighted by atomic mass is 28.4. The first-order valence-electron chi connectivity index (χ1n) is 12.6. The van der Waals surface area contributed by atoms with E-state index in [2.05, 4.69) is 19.0 Å². The summed E-state index contributed by atoms with van der Waals surface area (Å²) in [7, 11) is -3.10. The van der Waals surface area contributed by atoms with Crippen LogP contribution in [-0.4, -0.2) is 34.9 Å². The Hall–Kier alpha value is -2.74. The zero-order valence-electron chi connectivity index (χ0n) is 22.0. The lowest BCUT2D eigenvalue weighted by Gasteiger charge is -2.41. The van der Waals surface area contributed by atoms with Crippen LogP contribution in [0.3, 0.4) is 0 Å². The maximum absolute atomic E-state index is 12.6. The van der Waals surface area contributed by atoms with Crippen molar-refractivity contribution in [3.63, 3.8) is 0 Å². The van der Waals surface area contributed by atoms with Gasteiger partial charge in [-0.15, -0.1) is 0 Å². The normalized spacial score (nSPS) is 13.4. The summed E-state index contributed by atoms with van der Waals surface area (Å²) in [5.41, 5.74) is 0.0679. The second-order valence-electron chi connectivity index (χ2n) is 11.1. The summed E-state index contributed by atoms with van der Waals surface area (Å²) in [5.74, 6) is -0.128. The predicted molar refractivity (Wildman–Crippen MR) is 144 cm³/mol. The molecule has 2 aromatic carbocycles. The fourth-order valence-corrected chi connectivity index (χ4v) is 8.60. The number of aromatic nitrogens is 1. The molecule has 0 aliphatic heterocycles. The Labute approximate surface area is 215 Å². The van der Waals surface area contributed by atoms with Gasteiger partial charge in [0.15, 0.2) is 5.76 Å². The van der Waals surface area contributed by atoms with E-state index < -0.39 is 13.9 Å². The molecule has 0 radical (unpaired) electrons. The lowest BCUT2D eigenvalue weighted by molar-refractivity contribution is -0.155. The van der Waals surface area contributed by atoms with Crippen molar-refractivity contribution in [2.24, 2.45) is 0 Å². The zero-order chi connectivity index (χ0) is 26.4. The molecule has 1 atom stereocenters. The van der Waals surface area contributed by atoms with Crippen molar-refractivity contribution in [2.45, 2.75) is 83.5 Å². The monoisotopic (exact) mass is 509 g/mol. The van der Waals surface area contributed by atoms with E-state index in [-0.39, 0.29) is 30.0 Å². The first-order valence-corrected chi connectivity index (χ1v) is 14.5. The molecule has 0 saturated heterocycles. The minimum absolute atomic E-state index is 0.175. The van der Waals surface area contributed by atoms with E-state index >= 15 is 0 Å². The Kier molecular flexibility index (Phi) is 8.92. The Morgan fingerprint density at radius 2 is 1.56 bits per heavy atom. The Balaban J connectivity index is 1.81. The summed E-state index contributed by atoms with van der Waals surface area (Å²) in [5, 5.41) is 15.1. The van der Waals surface area contributed by atoms with Gasteiger partial charge in [0.2, 0.25) is 0 Å². The summed E-state index contributed by atoms with van der Waals surface area (Å²) < 4.78 is 10.8. The van der Waals surface area contributed by atoms with Crippen LogP contribution in [0.4, 0.5) is 0 Å². The fraction of sp³-hybridized carbons (Fsp3) is 0.448. The summed E-state index contributed by atoms with van der Waals surface area (Å²) in [4.78, 5) is 25.0. The van der Waals surface area contributed by atoms with E-state index in [0.29, 0.717) is 17.9 Å². The molecule has 0 spiro atoms. The van der Waals surface area contributed by atoms with Crippen LogP contribution in [0.1, 0.15) is 77.7 Å². The number of carbonyl (C=O) groups excluding carboxylic acids is 1. The third-order valence-corrected chi connectivity index (χ3v) is 11.2. The maximum atomic E-state index is 12.6. The number of aliphatic hydroxyl groups excluding tert-OH is 1. The molecule has 2 N–H and O–H groups in total. The number of hydrogen-bond acceptors (Lipinski definition) is 6. The van der Waals surface area contributed by atoms with Gasteiger partial charge in [-0.2, -0.15) is 0 Å². The Bertz CT molecular complexity index is 1070. The lowest BCUT2D eigenvalue weighted by atomic mass is 9.92. The van der Waals surface area contributed by atoms with Gasteiger partial charge in [0, 0.05) is 12.0 Å². The predicted octanol–water partition coefficient (Wildman–Crippen LogP) is 4.69. The largest absolute Gasteiger partial charge is 0.460 e. The summed E-state index contributed by atoms with van der Waals surface area (Å²) in [6, 6.07) is 21.7. The molecule has 0 aliphatic carbocycles. The molecule has 6 nitrogen and oxygen atoms in total. The number of hydrogen-bond donors (Lipinski definition) is 2. The van der Waals surface area contributed by atoms with Gasteiger partial charge < -0.3 is 19.2 Å². The van der Waals surface area contributed by atoms with Crippen LogP contribution in [0.15, 0.2) is 71.3 Å². The maximum Gasteiger partial charge on any atom is 0.306 e. The van der Waals surface area contributed by atoms with E-state index in [9.17, 15) is 14.7 Å². The van der Waals surface area contributed by atoms with Crippen molar-refractivity contribution in [1.82, 2.24) is 5.16 Å². The van der Waals surface area contributed by atoms with Crippen molar-refractivity contribution in [3.8, 4) is 0 Å². The number of ether oxygens (including phenoxy) is 1. The average Bonchev–Trinajstić information content (AvgIpc) is 3.32. The van der Waals surface area contributed by atoms with Crippen LogP contribution >= 0.6 is 0 Å². The van der Waals surface area contributed by atoms with Gasteiger partial charge in [0.25, 0.3) is 8.32 Å². The van der Waals surface area contributed by atoms with E-state index in [1.807, 2.05) is 81.4 Å². The highest BCUT2D eigenvalue weighted by molar-refractivity contribution is 6.98. The van der Waals surface area contributed by atoms with Crippen molar-refractivity contribution < 1.29 is 24.0 Å². The van der Waals surface area contributed by atoms with Crippen molar-refractivity contribution in [1.29, 1.82) is 0 Å². The minimum Gasteiger partial charge on any atom is -0.460 e. The van der Waals surface area contributed by atoms with Crippen molar-refractivity contribution >= 4 is 24.7 Å². The number of aliphatic hydroxyl groups is 1. The third kappa shape index (κ3) is 6.72. The Morgan fingerprint density at radius 1 is 1.00 bits per heavy atom. The van der Waals surface area contributed by atoms with Crippen LogP contribution in [0.2, 0.25) is 5.04 Å². The Morgan fingerprint density at radius 3 is 2.03 bits per heavy atom. The molecule has 36 heavy (non-hydrogen) atoms. The number of benzene rings is 2. The molecule has 3 aromatic rings. The van der Waals surface area contributed by atoms with Gasteiger partial charge >= 0.3 is 5.97 Å². The summed E-state index contributed by atoms with van der Waals surface area (Å²) >= 11 is 0. The minimum atomic E-state index is -3.10. The molecule has 0 saturated carbocycles. The highest BCUT2D eigenvalue weighted by Crippen LogP contribution is 2.41. The smallest absolute Gasteiger partial charge is 0.306 e. The topological polar surface area (TPSA) is 92.8 Å². The number of nitrogens with zero attached hydrogens (tertiary/aromatic N) is 1. The number of esters is 1. The molecule has 0 aliphatic rings. The third-order valence-electron chi connectivity index (χ3n) is 6.70. The second kappa shape index (κ2) is 11.5. The van der Waals surface area contributed by atoms with E-state index in [1.54, 1.807) is 6.07 Å². The zero-order valence-corrected chi connectivity index (χ0v) is 23.0. The molecule has 1 aromatic heterocycles. The van der Waals surface area contributed by atoms with Crippen LogP contribution in [0.25, 0.3) is 0 Å². The van der Waals surface area contributed by atoms with E-state index in [1.165, 1.54) is 0 Å². The summed E-state index contributed by atoms with van der Waals surface area (Å²) in [6.45, 7) is 9.58. The lowest BCUT2D eigenvalue weighted by Crippen LogP contribution is -2.65. The van der Waals surface area contributed by atoms with Gasteiger partial charge in [0.05, 0.1) is 12.1 Å². The van der Waals surface area contributed by atoms with Crippen molar-refractivity contribution in [2.75, 3.05) is 0 Å². The van der Waals surface area contributed by atoms with Crippen LogP contribution in [0.5, 0.6) is 0 Å². The fourth-order valence-electron chi connectivity index (χ4n) is 4.81. The van der Waals surface area contributed by atoms with Gasteiger partial charge in [-0.25, -0.2) is 0 Å². The van der Waals surface area contributed by atoms with Crippen LogP contribution in [0, 0.1) is 0 Å². The molecule has 0 amide bonds. The quantitative estimate of drug-likeness (QED) is 0.288. The molecule has 0 bridgehead atoms. The standard InChI is InChI=1S/C29H39NO5Si/c1-28(2,3)34-27(32)19-22(26-20-23(21-31)35-30-26)13-12-18-29(4,5)36(33,24-14-8-6-9-15-24)25-16-10-7-11-17-25/h6-11,14-17,20,22,31,33H,12-13,18-19,21H2,1-5H3/t22-/m1/s1. The first kappa shape index (κ1) is 27.8. The molecule has 194 valence electrons. The molecular formula is C29H39NO5Si. The molecule has 1 heterocycles. The van der Waals surface area contributed by atoms with Crippen LogP contribution < -0.4 is 10.4 Å². The van der Waals surface area contributed by atoms with Gasteiger partial charge in [-0.05, 0) is 49.0 Å². The first-order chi connectivity index (χ1) is 17.0. The van der Waals surface area contributed by atoms with Gasteiger partial charge in [-0.1, -0.05) is 86.1 Å². The highest BCUT2D eigenvalue weighted by Gasteiger charge is 2.49. The average molecular weight is 510 g/mol. The molecular weight excluding hydrogens is 470 g/mol. The van der Waals surface area contributed by atoms with Crippen LogP contribution in [-0.2, 0) is 16.1 Å². The molecule has 0 unspecified atom stereocenters. The molecule has 3 rings (SSSR count). The van der Waals surface area contributed by atoms with Crippen molar-refractivity contribution in [3.05, 3.63) is 78.2 Å². The second-order valence-corrected chi connectivity index (χ2v) is 15.0. The molecule has 7 heteroatoms. The van der Waals surface area contributed by atoms with Gasteiger partial charge in [0.1, 0.15) is 12.2 Å².